The molecule has 0 aliphatic heterocycles. The molecule has 0 aliphatic rings. The number of aromatic nitrogens is 2. The van der Waals surface area contributed by atoms with E-state index in [9.17, 15) is 9.50 Å². The van der Waals surface area contributed by atoms with E-state index in [0.29, 0.717) is 29.1 Å². The van der Waals surface area contributed by atoms with Crippen LogP contribution in [0, 0.1) is 5.82 Å². The first-order chi connectivity index (χ1) is 18.2. The van der Waals surface area contributed by atoms with Crippen molar-refractivity contribution >= 4 is 26.8 Å². The molecule has 200 valence electrons. The quantitative estimate of drug-likeness (QED) is 0.263. The number of hydrogen-bond acceptors (Lipinski definition) is 7. The van der Waals surface area contributed by atoms with Crippen LogP contribution in [0.5, 0.6) is 17.6 Å². The number of pyridine rings is 2. The monoisotopic (exact) mass is 583 g/mol. The molecule has 2 heterocycles. The lowest BCUT2D eigenvalue weighted by molar-refractivity contribution is 0.00325. The largest absolute Gasteiger partial charge is 0.481 e. The van der Waals surface area contributed by atoms with Crippen LogP contribution in [-0.2, 0) is 5.60 Å². The van der Waals surface area contributed by atoms with Crippen LogP contribution in [0.4, 0.5) is 4.39 Å². The van der Waals surface area contributed by atoms with Crippen molar-refractivity contribution in [2.75, 3.05) is 42.0 Å². The first-order valence-electron chi connectivity index (χ1n) is 12.1. The summed E-state index contributed by atoms with van der Waals surface area (Å²) < 4.78 is 32.2. The highest BCUT2D eigenvalue weighted by atomic mass is 79.9. The first-order valence-corrected chi connectivity index (χ1v) is 12.8. The van der Waals surface area contributed by atoms with Gasteiger partial charge < -0.3 is 24.2 Å². The molecular weight excluding hydrogens is 553 g/mol. The summed E-state index contributed by atoms with van der Waals surface area (Å²) in [4.78, 5) is 11.0. The summed E-state index contributed by atoms with van der Waals surface area (Å²) in [6.45, 7) is 0.532. The second kappa shape index (κ2) is 11.6. The van der Waals surface area contributed by atoms with Gasteiger partial charge in [0.05, 0.1) is 26.8 Å². The molecule has 0 saturated heterocycles. The predicted molar refractivity (Wildman–Crippen MR) is 149 cm³/mol. The second-order valence-corrected chi connectivity index (χ2v) is 10.2. The Labute approximate surface area is 230 Å². The molecule has 0 fully saturated rings. The lowest BCUT2D eigenvalue weighted by Crippen LogP contribution is -2.38. The maximum Gasteiger partial charge on any atom is 0.217 e. The molecule has 2 unspecified atom stereocenters. The summed E-state index contributed by atoms with van der Waals surface area (Å²) in [5.74, 6) is -0.282. The van der Waals surface area contributed by atoms with Crippen molar-refractivity contribution in [1.29, 1.82) is 0 Å². The van der Waals surface area contributed by atoms with Gasteiger partial charge in [0.25, 0.3) is 0 Å². The van der Waals surface area contributed by atoms with E-state index < -0.39 is 17.3 Å². The molecule has 0 amide bonds. The van der Waals surface area contributed by atoms with Crippen LogP contribution in [-0.4, -0.2) is 61.9 Å². The van der Waals surface area contributed by atoms with E-state index in [1.54, 1.807) is 24.3 Å². The fourth-order valence-electron chi connectivity index (χ4n) is 4.70. The first kappa shape index (κ1) is 27.8. The molecule has 1 N–H and O–H groups in total. The average molecular weight is 584 g/mol. The number of hydrogen-bond donors (Lipinski definition) is 1. The Bertz CT molecular complexity index is 1410. The number of halogens is 2. The molecule has 2 aromatic heterocycles. The van der Waals surface area contributed by atoms with E-state index in [2.05, 4.69) is 20.9 Å². The fraction of sp³-hybridized carbons (Fsp3) is 0.310. The van der Waals surface area contributed by atoms with Gasteiger partial charge in [-0.3, -0.25) is 0 Å². The van der Waals surface area contributed by atoms with Crippen molar-refractivity contribution in [1.82, 2.24) is 14.9 Å². The Kier molecular flexibility index (Phi) is 8.50. The van der Waals surface area contributed by atoms with Crippen LogP contribution in [0.25, 0.3) is 10.9 Å². The van der Waals surface area contributed by atoms with E-state index in [0.717, 1.165) is 15.4 Å². The normalized spacial score (nSPS) is 13.8. The summed E-state index contributed by atoms with van der Waals surface area (Å²) in [7, 11) is 8.41. The lowest BCUT2D eigenvalue weighted by atomic mass is 9.71. The number of ether oxygens (including phenoxy) is 3. The van der Waals surface area contributed by atoms with Crippen LogP contribution in [0.3, 0.4) is 0 Å². The van der Waals surface area contributed by atoms with E-state index in [-0.39, 0.29) is 18.2 Å². The summed E-state index contributed by atoms with van der Waals surface area (Å²) in [5, 5.41) is 13.6. The lowest BCUT2D eigenvalue weighted by Gasteiger charge is -2.39. The van der Waals surface area contributed by atoms with Gasteiger partial charge in [-0.1, -0.05) is 28.1 Å². The molecule has 4 rings (SSSR count). The van der Waals surface area contributed by atoms with Crippen molar-refractivity contribution in [3.05, 3.63) is 87.6 Å². The van der Waals surface area contributed by atoms with Gasteiger partial charge in [-0.2, -0.15) is 4.98 Å². The maximum absolute atomic E-state index is 14.7. The molecule has 0 radical (unpaired) electrons. The van der Waals surface area contributed by atoms with Gasteiger partial charge in [0.2, 0.25) is 17.6 Å². The third kappa shape index (κ3) is 5.75. The van der Waals surface area contributed by atoms with Crippen LogP contribution in [0.1, 0.15) is 29.0 Å². The molecule has 0 bridgehead atoms. The molecule has 0 aliphatic carbocycles. The van der Waals surface area contributed by atoms with Gasteiger partial charge in [0.1, 0.15) is 11.4 Å². The van der Waals surface area contributed by atoms with Gasteiger partial charge in [0, 0.05) is 40.0 Å². The van der Waals surface area contributed by atoms with Crippen LogP contribution in [0.15, 0.2) is 65.1 Å². The maximum atomic E-state index is 14.7. The van der Waals surface area contributed by atoms with E-state index in [1.807, 2.05) is 43.3 Å². The summed E-state index contributed by atoms with van der Waals surface area (Å²) in [5.41, 5.74) is 0.843. The Hall–Kier alpha value is -3.27. The average Bonchev–Trinajstić information content (AvgIpc) is 2.91. The smallest absolute Gasteiger partial charge is 0.217 e. The summed E-state index contributed by atoms with van der Waals surface area (Å²) >= 11 is 3.53. The molecule has 0 saturated carbocycles. The van der Waals surface area contributed by atoms with Gasteiger partial charge >= 0.3 is 0 Å². The highest BCUT2D eigenvalue weighted by molar-refractivity contribution is 9.10. The van der Waals surface area contributed by atoms with Crippen molar-refractivity contribution < 1.29 is 23.7 Å². The summed E-state index contributed by atoms with van der Waals surface area (Å²) in [6.07, 6.45) is 0.289. The number of aliphatic hydroxyl groups is 1. The number of fused-ring (bicyclic) bond motifs is 1. The fourth-order valence-corrected chi connectivity index (χ4v) is 5.08. The van der Waals surface area contributed by atoms with Crippen LogP contribution >= 0.6 is 15.9 Å². The zero-order chi connectivity index (χ0) is 27.4. The van der Waals surface area contributed by atoms with Gasteiger partial charge in [-0.15, -0.1) is 0 Å². The Balaban J connectivity index is 2.07. The standard InChI is InChI=1S/C29H31BrFN3O4/c1-34(2)12-11-29(35,20-16-25(36-3)33-26(17-20)37-4)27(18-7-6-8-22(31)14-18)23-15-19-13-21(30)9-10-24(19)32-28(23)38-5/h6-10,13-17,27,35H,11-12H2,1-5H3. The molecule has 38 heavy (non-hydrogen) atoms. The zero-order valence-corrected chi connectivity index (χ0v) is 23.6. The minimum absolute atomic E-state index is 0.285. The van der Waals surface area contributed by atoms with Gasteiger partial charge in [-0.05, 0) is 68.0 Å². The van der Waals surface area contributed by atoms with Crippen molar-refractivity contribution in [3.63, 3.8) is 0 Å². The Morgan fingerprint density at radius 2 is 1.66 bits per heavy atom. The third-order valence-corrected chi connectivity index (χ3v) is 7.06. The molecular formula is C29H31BrFN3O4. The highest BCUT2D eigenvalue weighted by Gasteiger charge is 2.43. The number of rotatable bonds is 10. The van der Waals surface area contributed by atoms with E-state index in [4.69, 9.17) is 19.2 Å². The topological polar surface area (TPSA) is 76.9 Å². The number of benzene rings is 2. The van der Waals surface area contributed by atoms with Crippen LogP contribution in [0.2, 0.25) is 0 Å². The van der Waals surface area contributed by atoms with Crippen molar-refractivity contribution in [2.24, 2.45) is 0 Å². The molecule has 9 heteroatoms. The Morgan fingerprint density at radius 3 is 2.26 bits per heavy atom. The van der Waals surface area contributed by atoms with Gasteiger partial charge in [0.15, 0.2) is 0 Å². The molecule has 4 aromatic rings. The molecule has 2 atom stereocenters. The minimum Gasteiger partial charge on any atom is -0.481 e. The molecule has 0 spiro atoms. The SMILES string of the molecule is COc1cc(C(O)(CCN(C)C)C(c2cccc(F)c2)c2cc3cc(Br)ccc3nc2OC)cc(OC)n1. The minimum atomic E-state index is -1.57. The number of methoxy groups -OCH3 is 3. The third-order valence-electron chi connectivity index (χ3n) is 6.57. The molecule has 7 nitrogen and oxygen atoms in total. The Morgan fingerprint density at radius 1 is 0.947 bits per heavy atom. The number of nitrogens with zero attached hydrogens (tertiary/aromatic N) is 3. The van der Waals surface area contributed by atoms with Gasteiger partial charge in [-0.25, -0.2) is 9.37 Å². The van der Waals surface area contributed by atoms with Crippen molar-refractivity contribution in [3.8, 4) is 17.6 Å². The second-order valence-electron chi connectivity index (χ2n) is 9.33. The summed E-state index contributed by atoms with van der Waals surface area (Å²) in [6, 6.07) is 17.3. The highest BCUT2D eigenvalue weighted by Crippen LogP contribution is 2.48. The van der Waals surface area contributed by atoms with Crippen LogP contribution < -0.4 is 14.2 Å². The van der Waals surface area contributed by atoms with E-state index >= 15 is 0 Å². The predicted octanol–water partition coefficient (Wildman–Crippen LogP) is 5.53. The molecule has 2 aromatic carbocycles. The zero-order valence-electron chi connectivity index (χ0n) is 22.0. The van der Waals surface area contributed by atoms with E-state index in [1.165, 1.54) is 33.5 Å². The van der Waals surface area contributed by atoms with Crippen molar-refractivity contribution in [2.45, 2.75) is 17.9 Å².